The highest BCUT2D eigenvalue weighted by atomic mass is 16.5. The molecule has 1 aromatic rings. The zero-order chi connectivity index (χ0) is 11.4. The largest absolute Gasteiger partial charge is 0.372 e. The van der Waals surface area contributed by atoms with Crippen molar-refractivity contribution in [2.45, 2.75) is 45.4 Å². The molecule has 1 saturated heterocycles. The summed E-state index contributed by atoms with van der Waals surface area (Å²) in [5, 5.41) is 7.81. The number of rotatable bonds is 4. The number of nitrogens with zero attached hydrogens (tertiary/aromatic N) is 2. The quantitative estimate of drug-likeness (QED) is 0.845. The lowest BCUT2D eigenvalue weighted by Crippen LogP contribution is -2.39. The Morgan fingerprint density at radius 2 is 2.44 bits per heavy atom. The van der Waals surface area contributed by atoms with Crippen molar-refractivity contribution in [2.75, 3.05) is 13.2 Å². The van der Waals surface area contributed by atoms with Crippen molar-refractivity contribution in [1.29, 1.82) is 0 Å². The van der Waals surface area contributed by atoms with Crippen molar-refractivity contribution in [3.05, 3.63) is 18.0 Å². The maximum Gasteiger partial charge on any atom is 0.101 e. The van der Waals surface area contributed by atoms with Gasteiger partial charge in [0.25, 0.3) is 0 Å². The van der Waals surface area contributed by atoms with Gasteiger partial charge in [-0.15, -0.1) is 0 Å². The van der Waals surface area contributed by atoms with E-state index in [0.29, 0.717) is 6.04 Å². The Kier molecular flexibility index (Phi) is 3.96. The maximum atomic E-state index is 5.87. The maximum absolute atomic E-state index is 5.87. The van der Waals surface area contributed by atoms with Crippen molar-refractivity contribution in [3.8, 4) is 0 Å². The molecule has 0 unspecified atom stereocenters. The first kappa shape index (κ1) is 11.6. The zero-order valence-electron chi connectivity index (χ0n) is 10.1. The Hall–Kier alpha value is -0.870. The van der Waals surface area contributed by atoms with Gasteiger partial charge in [0.15, 0.2) is 0 Å². The van der Waals surface area contributed by atoms with Gasteiger partial charge in [-0.2, -0.15) is 5.10 Å². The molecule has 4 heteroatoms. The molecule has 1 fully saturated rings. The Labute approximate surface area is 97.0 Å². The van der Waals surface area contributed by atoms with E-state index in [0.717, 1.165) is 26.1 Å². The molecule has 16 heavy (non-hydrogen) atoms. The molecule has 1 aliphatic rings. The molecule has 1 aromatic heterocycles. The van der Waals surface area contributed by atoms with E-state index >= 15 is 0 Å². The van der Waals surface area contributed by atoms with Crippen LogP contribution in [0.3, 0.4) is 0 Å². The van der Waals surface area contributed by atoms with Gasteiger partial charge < -0.3 is 10.1 Å². The summed E-state index contributed by atoms with van der Waals surface area (Å²) in [5.41, 5.74) is 1.20. The average molecular weight is 223 g/mol. The van der Waals surface area contributed by atoms with Crippen LogP contribution in [-0.4, -0.2) is 29.0 Å². The van der Waals surface area contributed by atoms with Crippen LogP contribution in [0.5, 0.6) is 0 Å². The fourth-order valence-electron chi connectivity index (χ4n) is 2.28. The van der Waals surface area contributed by atoms with E-state index in [4.69, 9.17) is 4.74 Å². The SMILES string of the molecule is CCN[C@@H]1CCCO[C@H]1c1cnn(CC)c1. The van der Waals surface area contributed by atoms with Crippen LogP contribution >= 0.6 is 0 Å². The second-order valence-corrected chi connectivity index (χ2v) is 4.23. The highest BCUT2D eigenvalue weighted by Gasteiger charge is 2.27. The molecule has 2 rings (SSSR count). The van der Waals surface area contributed by atoms with E-state index in [1.807, 2.05) is 10.9 Å². The minimum Gasteiger partial charge on any atom is -0.372 e. The van der Waals surface area contributed by atoms with Crippen LogP contribution in [0.1, 0.15) is 38.4 Å². The number of nitrogens with one attached hydrogen (secondary N) is 1. The van der Waals surface area contributed by atoms with Crippen LogP contribution in [0.25, 0.3) is 0 Å². The lowest BCUT2D eigenvalue weighted by Gasteiger charge is -2.31. The van der Waals surface area contributed by atoms with Gasteiger partial charge >= 0.3 is 0 Å². The third-order valence-electron chi connectivity index (χ3n) is 3.09. The van der Waals surface area contributed by atoms with E-state index in [1.165, 1.54) is 12.0 Å². The normalized spacial score (nSPS) is 25.9. The van der Waals surface area contributed by atoms with E-state index in [2.05, 4.69) is 30.5 Å². The smallest absolute Gasteiger partial charge is 0.101 e. The first-order valence-corrected chi connectivity index (χ1v) is 6.22. The molecule has 0 bridgehead atoms. The van der Waals surface area contributed by atoms with E-state index in [-0.39, 0.29) is 6.10 Å². The van der Waals surface area contributed by atoms with Crippen molar-refractivity contribution >= 4 is 0 Å². The first-order valence-electron chi connectivity index (χ1n) is 6.22. The fourth-order valence-corrected chi connectivity index (χ4v) is 2.28. The van der Waals surface area contributed by atoms with Gasteiger partial charge in [0.05, 0.1) is 6.20 Å². The Bertz CT molecular complexity index is 322. The van der Waals surface area contributed by atoms with E-state index in [1.54, 1.807) is 0 Å². The third kappa shape index (κ3) is 2.44. The molecule has 0 saturated carbocycles. The van der Waals surface area contributed by atoms with Crippen LogP contribution in [0.2, 0.25) is 0 Å². The molecule has 0 amide bonds. The Morgan fingerprint density at radius 3 is 3.12 bits per heavy atom. The van der Waals surface area contributed by atoms with Gasteiger partial charge in [0.1, 0.15) is 6.10 Å². The van der Waals surface area contributed by atoms with Crippen molar-refractivity contribution in [3.63, 3.8) is 0 Å². The predicted molar refractivity (Wildman–Crippen MR) is 63.3 cm³/mol. The summed E-state index contributed by atoms with van der Waals surface area (Å²) in [6, 6.07) is 0.438. The Balaban J connectivity index is 2.09. The first-order chi connectivity index (χ1) is 7.85. The van der Waals surface area contributed by atoms with Crippen LogP contribution < -0.4 is 5.32 Å². The standard InChI is InChI=1S/C12H21N3O/c1-3-13-11-6-5-7-16-12(11)10-8-14-15(4-2)9-10/h8-9,11-13H,3-7H2,1-2H3/t11-,12+/m1/s1. The summed E-state index contributed by atoms with van der Waals surface area (Å²) in [7, 11) is 0. The predicted octanol–water partition coefficient (Wildman–Crippen LogP) is 1.73. The monoisotopic (exact) mass is 223 g/mol. The third-order valence-corrected chi connectivity index (χ3v) is 3.09. The lowest BCUT2D eigenvalue weighted by atomic mass is 9.98. The van der Waals surface area contributed by atoms with Gasteiger partial charge in [0.2, 0.25) is 0 Å². The number of hydrogen-bond acceptors (Lipinski definition) is 3. The number of likely N-dealkylation sites (N-methyl/N-ethyl adjacent to an activating group) is 1. The summed E-state index contributed by atoms with van der Waals surface area (Å²) >= 11 is 0. The number of ether oxygens (including phenoxy) is 1. The van der Waals surface area contributed by atoms with E-state index < -0.39 is 0 Å². The van der Waals surface area contributed by atoms with Crippen molar-refractivity contribution < 1.29 is 4.74 Å². The molecule has 4 nitrogen and oxygen atoms in total. The zero-order valence-corrected chi connectivity index (χ0v) is 10.1. The minimum absolute atomic E-state index is 0.175. The van der Waals surface area contributed by atoms with Gasteiger partial charge in [0, 0.05) is 31.0 Å². The van der Waals surface area contributed by atoms with Crippen molar-refractivity contribution in [2.24, 2.45) is 0 Å². The average Bonchev–Trinajstić information content (AvgIpc) is 2.79. The summed E-state index contributed by atoms with van der Waals surface area (Å²) in [4.78, 5) is 0. The van der Waals surface area contributed by atoms with Gasteiger partial charge in [-0.1, -0.05) is 6.92 Å². The lowest BCUT2D eigenvalue weighted by molar-refractivity contribution is -0.0102. The van der Waals surface area contributed by atoms with Crippen LogP contribution in [-0.2, 0) is 11.3 Å². The molecule has 1 aliphatic heterocycles. The van der Waals surface area contributed by atoms with Gasteiger partial charge in [-0.3, -0.25) is 4.68 Å². The molecule has 0 radical (unpaired) electrons. The van der Waals surface area contributed by atoms with Crippen LogP contribution in [0.15, 0.2) is 12.4 Å². The fraction of sp³-hybridized carbons (Fsp3) is 0.750. The van der Waals surface area contributed by atoms with Crippen LogP contribution in [0.4, 0.5) is 0 Å². The van der Waals surface area contributed by atoms with E-state index in [9.17, 15) is 0 Å². The molecule has 2 heterocycles. The van der Waals surface area contributed by atoms with Gasteiger partial charge in [-0.05, 0) is 26.3 Å². The second-order valence-electron chi connectivity index (χ2n) is 4.23. The number of aromatic nitrogens is 2. The molecule has 2 atom stereocenters. The molecule has 90 valence electrons. The summed E-state index contributed by atoms with van der Waals surface area (Å²) < 4.78 is 7.83. The second kappa shape index (κ2) is 5.46. The van der Waals surface area contributed by atoms with Gasteiger partial charge in [-0.25, -0.2) is 0 Å². The Morgan fingerprint density at radius 1 is 1.56 bits per heavy atom. The summed E-state index contributed by atoms with van der Waals surface area (Å²) in [6.07, 6.45) is 6.55. The molecular weight excluding hydrogens is 202 g/mol. The molecule has 0 aliphatic carbocycles. The minimum atomic E-state index is 0.175. The molecule has 0 aromatic carbocycles. The molecule has 0 spiro atoms. The van der Waals surface area contributed by atoms with Crippen LogP contribution in [0, 0.1) is 0 Å². The molecular formula is C12H21N3O. The highest BCUT2D eigenvalue weighted by molar-refractivity contribution is 5.12. The highest BCUT2D eigenvalue weighted by Crippen LogP contribution is 2.27. The summed E-state index contributed by atoms with van der Waals surface area (Å²) in [5.74, 6) is 0. The topological polar surface area (TPSA) is 39.1 Å². The molecule has 1 N–H and O–H groups in total. The number of hydrogen-bond donors (Lipinski definition) is 1. The summed E-state index contributed by atoms with van der Waals surface area (Å²) in [6.45, 7) is 7.01. The number of aryl methyl sites for hydroxylation is 1. The van der Waals surface area contributed by atoms with Crippen molar-refractivity contribution in [1.82, 2.24) is 15.1 Å².